The molecule has 2 aliphatic heterocycles. The highest BCUT2D eigenvalue weighted by Crippen LogP contribution is 2.42. The van der Waals surface area contributed by atoms with Crippen LogP contribution in [0.5, 0.6) is 0 Å². The van der Waals surface area contributed by atoms with E-state index in [-0.39, 0.29) is 47.1 Å². The molecule has 4 aliphatic rings. The van der Waals surface area contributed by atoms with Crippen molar-refractivity contribution < 1.29 is 24.3 Å². The molecule has 360 valence electrons. The van der Waals surface area contributed by atoms with E-state index in [0.717, 1.165) is 67.1 Å². The van der Waals surface area contributed by atoms with Crippen molar-refractivity contribution in [2.45, 2.75) is 157 Å². The van der Waals surface area contributed by atoms with Crippen LogP contribution in [0.3, 0.4) is 0 Å². The quantitative estimate of drug-likeness (QED) is 0.143. The summed E-state index contributed by atoms with van der Waals surface area (Å²) in [6, 6.07) is 3.91. The van der Waals surface area contributed by atoms with Crippen LogP contribution in [0.4, 0.5) is 34.4 Å². The molecule has 4 N–H and O–H groups in total. The number of rotatable bonds is 9. The van der Waals surface area contributed by atoms with Crippen molar-refractivity contribution in [2.75, 3.05) is 44.7 Å². The lowest BCUT2D eigenvalue weighted by molar-refractivity contribution is -0.139. The van der Waals surface area contributed by atoms with Crippen molar-refractivity contribution in [3.05, 3.63) is 49.3 Å². The van der Waals surface area contributed by atoms with Crippen LogP contribution >= 0.6 is 0 Å². The number of nitrogens with zero attached hydrogens (tertiary/aromatic N) is 10. The van der Waals surface area contributed by atoms with Crippen molar-refractivity contribution in [1.29, 1.82) is 0 Å². The van der Waals surface area contributed by atoms with Crippen molar-refractivity contribution in [2.24, 2.45) is 10.8 Å². The van der Waals surface area contributed by atoms with E-state index in [9.17, 15) is 19.2 Å². The van der Waals surface area contributed by atoms with E-state index in [0.29, 0.717) is 47.1 Å². The SMILES string of the molecule is CC(C)(C)CC(=O)O.CC[C@@H]1C(=O)N(C)c2cnc(-c3ccncc3N)nc2N1C1CCCC1.CC[C@@H]1C(=O)N(C)c2cnc(-c3ccncc3NC(=O)CC(C)(C)C)nc2N1C1CCCC1. The first-order valence-electron chi connectivity index (χ1n) is 23.7. The highest BCUT2D eigenvalue weighted by molar-refractivity contribution is 6.05. The Morgan fingerprint density at radius 2 is 1.12 bits per heavy atom. The molecule has 2 atom stereocenters. The van der Waals surface area contributed by atoms with E-state index < -0.39 is 5.97 Å². The first-order chi connectivity index (χ1) is 31.7. The number of fused-ring (bicyclic) bond motifs is 2. The Labute approximate surface area is 395 Å². The average Bonchev–Trinajstić information content (AvgIpc) is 4.01. The van der Waals surface area contributed by atoms with Gasteiger partial charge in [0.05, 0.1) is 42.6 Å². The molecule has 3 amide bonds. The minimum Gasteiger partial charge on any atom is -0.481 e. The van der Waals surface area contributed by atoms with Crippen LogP contribution < -0.4 is 30.7 Å². The van der Waals surface area contributed by atoms with Crippen LogP contribution in [0.15, 0.2) is 49.3 Å². The van der Waals surface area contributed by atoms with Gasteiger partial charge >= 0.3 is 5.97 Å². The van der Waals surface area contributed by atoms with Crippen molar-refractivity contribution >= 4 is 58.1 Å². The van der Waals surface area contributed by atoms with Crippen LogP contribution in [0.1, 0.15) is 132 Å². The predicted octanol–water partition coefficient (Wildman–Crippen LogP) is 8.55. The molecule has 6 heterocycles. The fraction of sp³-hybridized carbons (Fsp3) is 0.560. The smallest absolute Gasteiger partial charge is 0.303 e. The second-order valence-electron chi connectivity index (χ2n) is 20.4. The van der Waals surface area contributed by atoms with Gasteiger partial charge in [0.15, 0.2) is 23.3 Å². The third-order valence-electron chi connectivity index (χ3n) is 12.6. The van der Waals surface area contributed by atoms with E-state index in [1.165, 1.54) is 25.7 Å². The number of carbonyl (C=O) groups excluding carboxylic acids is 3. The monoisotopic (exact) mass is 919 g/mol. The molecule has 17 heteroatoms. The van der Waals surface area contributed by atoms with Gasteiger partial charge in [0.2, 0.25) is 17.7 Å². The third-order valence-corrected chi connectivity index (χ3v) is 12.6. The molecule has 0 radical (unpaired) electrons. The lowest BCUT2D eigenvalue weighted by Gasteiger charge is -2.43. The van der Waals surface area contributed by atoms with Gasteiger partial charge < -0.3 is 35.8 Å². The lowest BCUT2D eigenvalue weighted by atomic mass is 9.92. The molecule has 17 nitrogen and oxygen atoms in total. The van der Waals surface area contributed by atoms with Gasteiger partial charge in [-0.1, -0.05) is 81.1 Å². The largest absolute Gasteiger partial charge is 0.481 e. The van der Waals surface area contributed by atoms with Gasteiger partial charge in [0.25, 0.3) is 0 Å². The normalized spacial score (nSPS) is 18.7. The van der Waals surface area contributed by atoms with Crippen LogP contribution in [0.25, 0.3) is 22.8 Å². The molecular weight excluding hydrogens is 849 g/mol. The molecule has 2 aliphatic carbocycles. The molecule has 4 aromatic rings. The molecule has 0 saturated heterocycles. The second kappa shape index (κ2) is 21.1. The first-order valence-corrected chi connectivity index (χ1v) is 23.7. The number of nitrogens with one attached hydrogen (secondary N) is 1. The number of hydrogen-bond donors (Lipinski definition) is 3. The van der Waals surface area contributed by atoms with E-state index in [1.54, 1.807) is 61.1 Å². The number of carbonyl (C=O) groups is 4. The molecule has 4 aromatic heterocycles. The number of hydrogen-bond acceptors (Lipinski definition) is 13. The Morgan fingerprint density at radius 3 is 1.52 bits per heavy atom. The highest BCUT2D eigenvalue weighted by atomic mass is 16.4. The summed E-state index contributed by atoms with van der Waals surface area (Å²) in [6.07, 6.45) is 21.3. The number of pyridine rings is 2. The van der Waals surface area contributed by atoms with Crippen LogP contribution in [-0.4, -0.2) is 97.0 Å². The zero-order valence-corrected chi connectivity index (χ0v) is 41.0. The van der Waals surface area contributed by atoms with Crippen LogP contribution in [-0.2, 0) is 19.2 Å². The highest BCUT2D eigenvalue weighted by Gasteiger charge is 2.43. The van der Waals surface area contributed by atoms with Gasteiger partial charge in [-0.2, -0.15) is 0 Å². The van der Waals surface area contributed by atoms with Crippen LogP contribution in [0.2, 0.25) is 0 Å². The number of carboxylic acids is 1. The maximum Gasteiger partial charge on any atom is 0.303 e. The van der Waals surface area contributed by atoms with Crippen molar-refractivity contribution in [3.63, 3.8) is 0 Å². The van der Waals surface area contributed by atoms with Gasteiger partial charge in [-0.3, -0.25) is 29.1 Å². The fourth-order valence-corrected chi connectivity index (χ4v) is 9.45. The van der Waals surface area contributed by atoms with Gasteiger partial charge in [-0.25, -0.2) is 19.9 Å². The summed E-state index contributed by atoms with van der Waals surface area (Å²) in [5.74, 6) is 2.14. The summed E-state index contributed by atoms with van der Waals surface area (Å²) in [4.78, 5) is 83.6. The standard InChI is InChI=1S/C25H34N6O2.C19H24N6O.C6H12O2/c1-6-19-24(33)30(5)20-15-27-22(29-23(20)31(19)16-9-7-8-10-16)17-11-12-26-14-18(17)28-21(32)13-25(2,3)4;1-3-15-19(26)24(2)16-11-22-17(13-8-9-21-10-14(13)20)23-18(16)25(15)12-6-4-5-7-12;1-6(2,3)4-5(7)8/h11-12,14-16,19H,6-10,13H2,1-5H3,(H,28,32);8-12,15H,3-7,20H2,1-2H3;4H2,1-3H3,(H,7,8)/t19-;15-;/m11./s1. The van der Waals surface area contributed by atoms with Crippen molar-refractivity contribution in [3.8, 4) is 22.8 Å². The van der Waals surface area contributed by atoms with E-state index >= 15 is 0 Å². The Hall–Kier alpha value is -6.26. The molecule has 2 fully saturated rings. The third kappa shape index (κ3) is 11.8. The van der Waals surface area contributed by atoms with Gasteiger partial charge in [0.1, 0.15) is 23.5 Å². The molecule has 0 spiro atoms. The van der Waals surface area contributed by atoms with Gasteiger partial charge in [-0.15, -0.1) is 0 Å². The molecule has 8 rings (SSSR count). The maximum atomic E-state index is 13.1. The number of nitrogen functional groups attached to an aromatic ring is 1. The number of aromatic nitrogens is 6. The predicted molar refractivity (Wildman–Crippen MR) is 264 cm³/mol. The minimum absolute atomic E-state index is 0.0707. The Balaban J connectivity index is 0.000000194. The minimum atomic E-state index is -0.725. The lowest BCUT2D eigenvalue weighted by Crippen LogP contribution is -2.55. The number of anilines is 6. The number of aliphatic carboxylic acids is 1. The summed E-state index contributed by atoms with van der Waals surface area (Å²) < 4.78 is 0. The molecule has 0 aromatic carbocycles. The second-order valence-corrected chi connectivity index (χ2v) is 20.4. The maximum absolute atomic E-state index is 13.1. The van der Waals surface area contributed by atoms with E-state index in [2.05, 4.69) is 48.9 Å². The molecule has 2 saturated carbocycles. The molecule has 0 bridgehead atoms. The summed E-state index contributed by atoms with van der Waals surface area (Å²) in [6.45, 7) is 15.9. The van der Waals surface area contributed by atoms with Crippen molar-refractivity contribution in [1.82, 2.24) is 29.9 Å². The summed E-state index contributed by atoms with van der Waals surface area (Å²) in [5, 5.41) is 11.2. The van der Waals surface area contributed by atoms with Gasteiger partial charge in [-0.05, 0) is 61.5 Å². The summed E-state index contributed by atoms with van der Waals surface area (Å²) in [5.41, 5.74) is 9.98. The zero-order chi connectivity index (χ0) is 48.8. The number of likely N-dealkylation sites (N-methyl/N-ethyl adjacent to an activating group) is 2. The molecule has 0 unspecified atom stereocenters. The Kier molecular flexibility index (Phi) is 15.8. The number of carboxylic acid groups (broad SMARTS) is 1. The Bertz CT molecular complexity index is 2400. The van der Waals surface area contributed by atoms with E-state index in [4.69, 9.17) is 20.8 Å². The van der Waals surface area contributed by atoms with Gasteiger partial charge in [0, 0.05) is 56.1 Å². The number of amides is 3. The molecule has 67 heavy (non-hydrogen) atoms. The number of nitrogens with two attached hydrogens (primary N) is 1. The molecular formula is C50H70N12O5. The summed E-state index contributed by atoms with van der Waals surface area (Å²) in [7, 11) is 3.60. The topological polar surface area (TPSA) is 217 Å². The van der Waals surface area contributed by atoms with E-state index in [1.807, 2.05) is 53.7 Å². The summed E-state index contributed by atoms with van der Waals surface area (Å²) >= 11 is 0. The van der Waals surface area contributed by atoms with Crippen LogP contribution in [0, 0.1) is 10.8 Å². The first kappa shape index (κ1) is 50.2. The Morgan fingerprint density at radius 1 is 0.687 bits per heavy atom. The fourth-order valence-electron chi connectivity index (χ4n) is 9.45. The average molecular weight is 919 g/mol. The zero-order valence-electron chi connectivity index (χ0n) is 41.0.